The third-order valence-electron chi connectivity index (χ3n) is 3.69. The standard InChI is InChI=1S/C19H22N2O5/c1-2-20-17(22)8-5-9-18(23)21-15-10-11-16(26-12-19(24)25)14-7-4-3-6-13(14)15/h3-4,6-7,10-11H,2,5,8-9,12H2,1H3,(H,20,22)(H,21,23)(H,24,25). The van der Waals surface area contributed by atoms with Crippen LogP contribution >= 0.6 is 0 Å². The molecule has 138 valence electrons. The van der Waals surface area contributed by atoms with Crippen LogP contribution in [0.15, 0.2) is 36.4 Å². The van der Waals surface area contributed by atoms with Crippen LogP contribution in [-0.2, 0) is 14.4 Å². The summed E-state index contributed by atoms with van der Waals surface area (Å²) in [6, 6.07) is 10.6. The van der Waals surface area contributed by atoms with E-state index in [1.807, 2.05) is 25.1 Å². The van der Waals surface area contributed by atoms with Crippen LogP contribution in [0.25, 0.3) is 10.8 Å². The summed E-state index contributed by atoms with van der Waals surface area (Å²) in [5, 5.41) is 15.8. The first-order valence-electron chi connectivity index (χ1n) is 8.44. The molecule has 2 aromatic rings. The number of carbonyl (C=O) groups excluding carboxylic acids is 2. The fourth-order valence-corrected chi connectivity index (χ4v) is 2.55. The van der Waals surface area contributed by atoms with Gasteiger partial charge in [0.1, 0.15) is 5.75 Å². The molecule has 0 aromatic heterocycles. The Morgan fingerprint density at radius 2 is 1.69 bits per heavy atom. The molecule has 0 atom stereocenters. The summed E-state index contributed by atoms with van der Waals surface area (Å²) in [6.45, 7) is 1.99. The van der Waals surface area contributed by atoms with E-state index in [1.54, 1.807) is 18.2 Å². The van der Waals surface area contributed by atoms with Crippen LogP contribution in [0.1, 0.15) is 26.2 Å². The summed E-state index contributed by atoms with van der Waals surface area (Å²) >= 11 is 0. The van der Waals surface area contributed by atoms with E-state index in [4.69, 9.17) is 9.84 Å². The van der Waals surface area contributed by atoms with Crippen molar-refractivity contribution in [3.63, 3.8) is 0 Å². The number of benzene rings is 2. The highest BCUT2D eigenvalue weighted by atomic mass is 16.5. The SMILES string of the molecule is CCNC(=O)CCCC(=O)Nc1ccc(OCC(=O)O)c2ccccc12. The second kappa shape index (κ2) is 9.41. The number of amides is 2. The van der Waals surface area contributed by atoms with Crippen molar-refractivity contribution in [1.29, 1.82) is 0 Å². The van der Waals surface area contributed by atoms with Crippen LogP contribution in [0.3, 0.4) is 0 Å². The third kappa shape index (κ3) is 5.47. The van der Waals surface area contributed by atoms with Gasteiger partial charge >= 0.3 is 5.97 Å². The van der Waals surface area contributed by atoms with E-state index in [9.17, 15) is 14.4 Å². The summed E-state index contributed by atoms with van der Waals surface area (Å²) in [6.07, 6.45) is 1.02. The topological polar surface area (TPSA) is 105 Å². The van der Waals surface area contributed by atoms with E-state index in [2.05, 4.69) is 10.6 Å². The lowest BCUT2D eigenvalue weighted by Gasteiger charge is -2.12. The highest BCUT2D eigenvalue weighted by Gasteiger charge is 2.11. The number of ether oxygens (including phenoxy) is 1. The molecule has 2 aromatic carbocycles. The fourth-order valence-electron chi connectivity index (χ4n) is 2.55. The molecule has 0 aliphatic carbocycles. The van der Waals surface area contributed by atoms with Crippen LogP contribution in [-0.4, -0.2) is 36.0 Å². The number of hydrogen-bond donors (Lipinski definition) is 3. The van der Waals surface area contributed by atoms with Crippen LogP contribution < -0.4 is 15.4 Å². The normalized spacial score (nSPS) is 10.3. The second-order valence-corrected chi connectivity index (χ2v) is 5.69. The molecule has 0 saturated carbocycles. The molecular weight excluding hydrogens is 336 g/mol. The molecule has 0 bridgehead atoms. The van der Waals surface area contributed by atoms with Crippen molar-refractivity contribution in [1.82, 2.24) is 5.32 Å². The van der Waals surface area contributed by atoms with E-state index in [0.29, 0.717) is 36.2 Å². The van der Waals surface area contributed by atoms with Gasteiger partial charge in [0, 0.05) is 35.8 Å². The minimum absolute atomic E-state index is 0.0642. The quantitative estimate of drug-likeness (QED) is 0.639. The minimum Gasteiger partial charge on any atom is -0.481 e. The van der Waals surface area contributed by atoms with Crippen molar-refractivity contribution in [2.45, 2.75) is 26.2 Å². The van der Waals surface area contributed by atoms with Crippen molar-refractivity contribution in [2.75, 3.05) is 18.5 Å². The van der Waals surface area contributed by atoms with Gasteiger partial charge in [-0.15, -0.1) is 0 Å². The Bertz CT molecular complexity index is 804. The zero-order valence-corrected chi connectivity index (χ0v) is 14.6. The maximum atomic E-state index is 12.1. The predicted octanol–water partition coefficient (Wildman–Crippen LogP) is 2.55. The van der Waals surface area contributed by atoms with Gasteiger partial charge in [0.25, 0.3) is 0 Å². The van der Waals surface area contributed by atoms with Gasteiger partial charge in [0.2, 0.25) is 11.8 Å². The molecule has 0 spiro atoms. The predicted molar refractivity (Wildman–Crippen MR) is 98.2 cm³/mol. The molecule has 0 heterocycles. The molecule has 2 amide bonds. The average molecular weight is 358 g/mol. The number of fused-ring (bicyclic) bond motifs is 1. The summed E-state index contributed by atoms with van der Waals surface area (Å²) in [7, 11) is 0. The average Bonchev–Trinajstić information content (AvgIpc) is 2.61. The molecule has 26 heavy (non-hydrogen) atoms. The van der Waals surface area contributed by atoms with Gasteiger partial charge in [-0.3, -0.25) is 9.59 Å². The number of anilines is 1. The maximum absolute atomic E-state index is 12.1. The molecule has 0 aliphatic rings. The molecule has 0 radical (unpaired) electrons. The number of rotatable bonds is 9. The molecule has 2 rings (SSSR count). The molecular formula is C19H22N2O5. The largest absolute Gasteiger partial charge is 0.481 e. The zero-order valence-electron chi connectivity index (χ0n) is 14.6. The first-order chi connectivity index (χ1) is 12.5. The zero-order chi connectivity index (χ0) is 18.9. The third-order valence-corrected chi connectivity index (χ3v) is 3.69. The number of carboxylic acids is 1. The fraction of sp³-hybridized carbons (Fsp3) is 0.316. The Kier molecular flexibility index (Phi) is 6.96. The van der Waals surface area contributed by atoms with Crippen LogP contribution in [0.2, 0.25) is 0 Å². The van der Waals surface area contributed by atoms with Crippen molar-refractivity contribution in [2.24, 2.45) is 0 Å². The van der Waals surface area contributed by atoms with E-state index in [1.165, 1.54) is 0 Å². The van der Waals surface area contributed by atoms with Crippen LogP contribution in [0.4, 0.5) is 5.69 Å². The van der Waals surface area contributed by atoms with Crippen LogP contribution in [0, 0.1) is 0 Å². The Balaban J connectivity index is 2.05. The van der Waals surface area contributed by atoms with Crippen LogP contribution in [0.5, 0.6) is 5.75 Å². The van der Waals surface area contributed by atoms with Gasteiger partial charge < -0.3 is 20.5 Å². The number of carboxylic acid groups (broad SMARTS) is 1. The molecule has 7 nitrogen and oxygen atoms in total. The lowest BCUT2D eigenvalue weighted by Crippen LogP contribution is -2.22. The Morgan fingerprint density at radius 1 is 1.00 bits per heavy atom. The Morgan fingerprint density at radius 3 is 2.38 bits per heavy atom. The maximum Gasteiger partial charge on any atom is 0.341 e. The van der Waals surface area contributed by atoms with E-state index < -0.39 is 12.6 Å². The second-order valence-electron chi connectivity index (χ2n) is 5.69. The van der Waals surface area contributed by atoms with Crippen molar-refractivity contribution >= 4 is 34.2 Å². The summed E-state index contributed by atoms with van der Waals surface area (Å²) in [5.41, 5.74) is 0.617. The number of hydrogen-bond acceptors (Lipinski definition) is 4. The summed E-state index contributed by atoms with van der Waals surface area (Å²) in [4.78, 5) is 34.2. The number of carbonyl (C=O) groups is 3. The van der Waals surface area contributed by atoms with E-state index in [0.717, 1.165) is 5.39 Å². The minimum atomic E-state index is -1.06. The number of aliphatic carboxylic acids is 1. The van der Waals surface area contributed by atoms with Gasteiger partial charge in [0.05, 0.1) is 0 Å². The molecule has 3 N–H and O–H groups in total. The van der Waals surface area contributed by atoms with Crippen molar-refractivity contribution in [3.8, 4) is 5.75 Å². The molecule has 0 aliphatic heterocycles. The van der Waals surface area contributed by atoms with Gasteiger partial charge in [-0.05, 0) is 25.5 Å². The highest BCUT2D eigenvalue weighted by molar-refractivity contribution is 6.04. The van der Waals surface area contributed by atoms with Gasteiger partial charge in [-0.1, -0.05) is 24.3 Å². The Hall–Kier alpha value is -3.09. The van der Waals surface area contributed by atoms with Crippen molar-refractivity contribution < 1.29 is 24.2 Å². The van der Waals surface area contributed by atoms with E-state index >= 15 is 0 Å². The van der Waals surface area contributed by atoms with Gasteiger partial charge in [-0.25, -0.2) is 4.79 Å². The van der Waals surface area contributed by atoms with Gasteiger partial charge in [-0.2, -0.15) is 0 Å². The lowest BCUT2D eigenvalue weighted by atomic mass is 10.1. The summed E-state index contributed by atoms with van der Waals surface area (Å²) in [5.74, 6) is -0.861. The highest BCUT2D eigenvalue weighted by Crippen LogP contribution is 2.31. The Labute approximate surface area is 151 Å². The van der Waals surface area contributed by atoms with E-state index in [-0.39, 0.29) is 18.2 Å². The molecule has 0 saturated heterocycles. The van der Waals surface area contributed by atoms with Crippen molar-refractivity contribution in [3.05, 3.63) is 36.4 Å². The number of nitrogens with one attached hydrogen (secondary N) is 2. The molecule has 0 fully saturated rings. The first-order valence-corrected chi connectivity index (χ1v) is 8.44. The molecule has 7 heteroatoms. The monoisotopic (exact) mass is 358 g/mol. The lowest BCUT2D eigenvalue weighted by molar-refractivity contribution is -0.139. The van der Waals surface area contributed by atoms with Gasteiger partial charge in [0.15, 0.2) is 6.61 Å². The first kappa shape index (κ1) is 19.2. The smallest absolute Gasteiger partial charge is 0.341 e. The molecule has 0 unspecified atom stereocenters. The summed E-state index contributed by atoms with van der Waals surface area (Å²) < 4.78 is 5.30.